The lowest BCUT2D eigenvalue weighted by molar-refractivity contribution is 1.22. The predicted octanol–water partition coefficient (Wildman–Crippen LogP) is 1.69. The predicted molar refractivity (Wildman–Crippen MR) is 42.0 cm³/mol. The van der Waals surface area contributed by atoms with Gasteiger partial charge in [0.1, 0.15) is 5.03 Å². The number of nitrogens with one attached hydrogen (secondary N) is 1. The summed E-state index contributed by atoms with van der Waals surface area (Å²) in [6.07, 6.45) is 0. The minimum Gasteiger partial charge on any atom is -0.308 e. The average Bonchev–Trinajstić information content (AvgIpc) is 2.14. The van der Waals surface area contributed by atoms with Gasteiger partial charge in [-0.15, -0.1) is 24.0 Å². The van der Waals surface area contributed by atoms with E-state index in [2.05, 4.69) is 35.1 Å². The summed E-state index contributed by atoms with van der Waals surface area (Å²) in [5, 5.41) is 3.34. The number of hydrogen-bond donors (Lipinski definition) is 3. The van der Waals surface area contributed by atoms with Crippen molar-refractivity contribution in [3.05, 3.63) is 5.38 Å². The van der Waals surface area contributed by atoms with Gasteiger partial charge in [0.15, 0.2) is 5.13 Å². The van der Waals surface area contributed by atoms with Crippen LogP contribution in [0.1, 0.15) is 0 Å². The van der Waals surface area contributed by atoms with Gasteiger partial charge in [0.2, 0.25) is 0 Å². The van der Waals surface area contributed by atoms with E-state index < -0.39 is 0 Å². The zero-order valence-electron chi connectivity index (χ0n) is 3.83. The lowest BCUT2D eigenvalue weighted by atomic mass is 11.0. The molecule has 0 radical (unpaired) electrons. The van der Waals surface area contributed by atoms with E-state index in [9.17, 15) is 0 Å². The van der Waals surface area contributed by atoms with E-state index in [1.807, 2.05) is 5.38 Å². The minimum absolute atomic E-state index is 0.728. The van der Waals surface area contributed by atoms with Crippen LogP contribution >= 0.6 is 36.8 Å². The maximum atomic E-state index is 3.98. The Labute approximate surface area is 62.3 Å². The van der Waals surface area contributed by atoms with Crippen molar-refractivity contribution in [2.75, 3.05) is 4.72 Å². The number of rotatable bonds is 1. The summed E-state index contributed by atoms with van der Waals surface area (Å²) in [4.78, 5) is 3.92. The molecule has 0 fully saturated rings. The van der Waals surface area contributed by atoms with Gasteiger partial charge in [-0.25, -0.2) is 4.98 Å². The molecule has 0 unspecified atom stereocenters. The van der Waals surface area contributed by atoms with Crippen LogP contribution in [0.5, 0.6) is 0 Å². The molecule has 1 N–H and O–H groups in total. The number of anilines is 1. The van der Waals surface area contributed by atoms with Gasteiger partial charge in [0.05, 0.1) is 0 Å². The minimum atomic E-state index is 0.728. The fourth-order valence-corrected chi connectivity index (χ4v) is 1.32. The molecular weight excluding hydrogens is 160 g/mol. The molecular formula is C3H4N2S3. The van der Waals surface area contributed by atoms with E-state index in [0.29, 0.717) is 0 Å². The summed E-state index contributed by atoms with van der Waals surface area (Å²) < 4.78 is 2.60. The first-order valence-corrected chi connectivity index (χ1v) is 3.65. The van der Waals surface area contributed by atoms with E-state index in [1.54, 1.807) is 0 Å². The Hall–Kier alpha value is 0.130. The highest BCUT2D eigenvalue weighted by Gasteiger charge is 1.91. The highest BCUT2D eigenvalue weighted by molar-refractivity contribution is 7.82. The van der Waals surface area contributed by atoms with Crippen LogP contribution in [0.2, 0.25) is 0 Å². The van der Waals surface area contributed by atoms with E-state index in [-0.39, 0.29) is 0 Å². The molecule has 0 aliphatic rings. The Balaban J connectivity index is 2.84. The van der Waals surface area contributed by atoms with Crippen molar-refractivity contribution < 1.29 is 0 Å². The van der Waals surface area contributed by atoms with Crippen molar-refractivity contribution in [1.29, 1.82) is 0 Å². The average molecular weight is 164 g/mol. The molecule has 0 aliphatic carbocycles. The maximum absolute atomic E-state index is 3.98. The van der Waals surface area contributed by atoms with E-state index in [4.69, 9.17) is 0 Å². The Kier molecular flexibility index (Phi) is 2.04. The van der Waals surface area contributed by atoms with Crippen LogP contribution in [0.3, 0.4) is 0 Å². The van der Waals surface area contributed by atoms with Crippen molar-refractivity contribution in [3.63, 3.8) is 0 Å². The molecule has 0 atom stereocenters. The first-order chi connectivity index (χ1) is 3.83. The Morgan fingerprint density at radius 3 is 2.75 bits per heavy atom. The van der Waals surface area contributed by atoms with Gasteiger partial charge in [-0.3, -0.25) is 0 Å². The van der Waals surface area contributed by atoms with Crippen LogP contribution in [0.25, 0.3) is 0 Å². The summed E-state index contributed by atoms with van der Waals surface area (Å²) >= 11 is 9.25. The van der Waals surface area contributed by atoms with Crippen molar-refractivity contribution in [2.24, 2.45) is 0 Å². The largest absolute Gasteiger partial charge is 0.308 e. The summed E-state index contributed by atoms with van der Waals surface area (Å²) in [7, 11) is 0. The SMILES string of the molecule is SNc1nc(S)cs1. The zero-order chi connectivity index (χ0) is 5.98. The first-order valence-electron chi connectivity index (χ1n) is 1.87. The molecule has 1 aromatic heterocycles. The Morgan fingerprint density at radius 2 is 2.50 bits per heavy atom. The number of thiol groups is 2. The lowest BCUT2D eigenvalue weighted by Gasteiger charge is -1.83. The highest BCUT2D eigenvalue weighted by atomic mass is 32.1. The molecule has 0 aliphatic heterocycles. The second-order valence-corrected chi connectivity index (χ2v) is 2.66. The molecule has 0 bridgehead atoms. The monoisotopic (exact) mass is 164 g/mol. The molecule has 44 valence electrons. The van der Waals surface area contributed by atoms with Gasteiger partial charge >= 0.3 is 0 Å². The third kappa shape index (κ3) is 1.30. The molecule has 1 rings (SSSR count). The van der Waals surface area contributed by atoms with E-state index in [0.717, 1.165) is 10.2 Å². The van der Waals surface area contributed by atoms with Crippen LogP contribution in [0.15, 0.2) is 10.4 Å². The van der Waals surface area contributed by atoms with Gasteiger partial charge in [-0.05, 0) is 0 Å². The third-order valence-electron chi connectivity index (χ3n) is 0.588. The molecule has 8 heavy (non-hydrogen) atoms. The van der Waals surface area contributed by atoms with E-state index in [1.165, 1.54) is 11.3 Å². The van der Waals surface area contributed by atoms with Crippen LogP contribution < -0.4 is 4.72 Å². The summed E-state index contributed by atoms with van der Waals surface area (Å²) in [5.74, 6) is 0. The van der Waals surface area contributed by atoms with Gasteiger partial charge in [-0.2, -0.15) is 0 Å². The van der Waals surface area contributed by atoms with Crippen LogP contribution in [0, 0.1) is 0 Å². The molecule has 1 aromatic rings. The summed E-state index contributed by atoms with van der Waals surface area (Å²) in [6, 6.07) is 0. The number of thiazole rings is 1. The lowest BCUT2D eigenvalue weighted by Crippen LogP contribution is -1.74. The Morgan fingerprint density at radius 1 is 1.75 bits per heavy atom. The second-order valence-electron chi connectivity index (χ2n) is 1.12. The molecule has 0 spiro atoms. The molecule has 0 saturated carbocycles. The van der Waals surface area contributed by atoms with Crippen molar-refractivity contribution in [2.45, 2.75) is 5.03 Å². The fourth-order valence-electron chi connectivity index (χ4n) is 0.317. The van der Waals surface area contributed by atoms with Gasteiger partial charge in [0, 0.05) is 5.38 Å². The Bertz CT molecular complexity index is 173. The van der Waals surface area contributed by atoms with Gasteiger partial charge in [0.25, 0.3) is 0 Å². The van der Waals surface area contributed by atoms with Crippen LogP contribution in [-0.4, -0.2) is 4.98 Å². The number of hydrogen-bond acceptors (Lipinski definition) is 5. The second kappa shape index (κ2) is 2.61. The van der Waals surface area contributed by atoms with Crippen LogP contribution in [0.4, 0.5) is 5.13 Å². The third-order valence-corrected chi connectivity index (χ3v) is 2.11. The van der Waals surface area contributed by atoms with Crippen molar-refractivity contribution in [3.8, 4) is 0 Å². The van der Waals surface area contributed by atoms with Crippen LogP contribution in [-0.2, 0) is 0 Å². The maximum Gasteiger partial charge on any atom is 0.193 e. The number of aromatic nitrogens is 1. The van der Waals surface area contributed by atoms with Crippen molar-refractivity contribution >= 4 is 41.9 Å². The first kappa shape index (κ1) is 6.25. The smallest absolute Gasteiger partial charge is 0.193 e. The molecule has 1 heterocycles. The normalized spacial score (nSPS) is 9.25. The molecule has 0 amide bonds. The standard InChI is InChI=1S/C3H4N2S3/c6-2-1-8-3(4-2)5-7/h1,6-7H,(H,4,5). The molecule has 5 heteroatoms. The van der Waals surface area contributed by atoms with Gasteiger partial charge < -0.3 is 4.72 Å². The molecule has 0 saturated heterocycles. The van der Waals surface area contributed by atoms with Gasteiger partial charge in [-0.1, -0.05) is 12.8 Å². The topological polar surface area (TPSA) is 24.9 Å². The summed E-state index contributed by atoms with van der Waals surface area (Å²) in [6.45, 7) is 0. The molecule has 0 aromatic carbocycles. The highest BCUT2D eigenvalue weighted by Crippen LogP contribution is 2.17. The summed E-state index contributed by atoms with van der Waals surface area (Å²) in [5.41, 5.74) is 0. The van der Waals surface area contributed by atoms with E-state index >= 15 is 0 Å². The van der Waals surface area contributed by atoms with Crippen molar-refractivity contribution in [1.82, 2.24) is 4.98 Å². The zero-order valence-corrected chi connectivity index (χ0v) is 6.43. The quantitative estimate of drug-likeness (QED) is 0.550. The molecule has 2 nitrogen and oxygen atoms in total. The number of nitrogens with zero attached hydrogens (tertiary/aromatic N) is 1. The fraction of sp³-hybridized carbons (Fsp3) is 0.